The lowest BCUT2D eigenvalue weighted by Gasteiger charge is -2.21. The number of ether oxygens (including phenoxy) is 1. The summed E-state index contributed by atoms with van der Waals surface area (Å²) in [5, 5.41) is 3.24. The number of carbonyl (C=O) groups is 3. The van der Waals surface area contributed by atoms with Crippen molar-refractivity contribution in [3.63, 3.8) is 0 Å². The molecular weight excluding hydrogens is 461 g/mol. The van der Waals surface area contributed by atoms with Crippen LogP contribution in [0.5, 0.6) is 5.75 Å². The number of nitrogens with one attached hydrogen (secondary N) is 1. The first-order valence-electron chi connectivity index (χ1n) is 10.4. The number of anilines is 2. The van der Waals surface area contributed by atoms with Crippen molar-refractivity contribution in [2.45, 2.75) is 19.0 Å². The molecule has 3 aromatic rings. The summed E-state index contributed by atoms with van der Waals surface area (Å²) in [4.78, 5) is 41.8. The van der Waals surface area contributed by atoms with Crippen molar-refractivity contribution in [2.75, 3.05) is 17.3 Å². The van der Waals surface area contributed by atoms with Gasteiger partial charge in [-0.2, -0.15) is 0 Å². The Morgan fingerprint density at radius 2 is 1.76 bits per heavy atom. The maximum atomic E-state index is 13.4. The van der Waals surface area contributed by atoms with Crippen LogP contribution in [-0.4, -0.2) is 35.9 Å². The second kappa shape index (κ2) is 9.93. The van der Waals surface area contributed by atoms with Gasteiger partial charge in [0.1, 0.15) is 17.6 Å². The average Bonchev–Trinajstić information content (AvgIpc) is 3.05. The molecule has 0 saturated carbocycles. The number of urea groups is 1. The van der Waals surface area contributed by atoms with Gasteiger partial charge in [0.25, 0.3) is 5.91 Å². The van der Waals surface area contributed by atoms with Crippen LogP contribution in [0.2, 0.25) is 5.02 Å². The van der Waals surface area contributed by atoms with Crippen LogP contribution in [0.4, 0.5) is 20.6 Å². The van der Waals surface area contributed by atoms with Gasteiger partial charge in [0, 0.05) is 23.3 Å². The van der Waals surface area contributed by atoms with Crippen molar-refractivity contribution < 1.29 is 23.5 Å². The van der Waals surface area contributed by atoms with Crippen LogP contribution in [0, 0.1) is 5.82 Å². The van der Waals surface area contributed by atoms with E-state index in [9.17, 15) is 18.8 Å². The second-order valence-electron chi connectivity index (χ2n) is 7.69. The first-order chi connectivity index (χ1) is 16.4. The molecule has 0 spiro atoms. The summed E-state index contributed by atoms with van der Waals surface area (Å²) in [5.74, 6) is -0.909. The number of hydrogen-bond acceptors (Lipinski definition) is 4. The molecule has 0 bridgehead atoms. The van der Waals surface area contributed by atoms with Gasteiger partial charge in [0.15, 0.2) is 0 Å². The molecule has 9 heteroatoms. The number of halogens is 2. The van der Waals surface area contributed by atoms with Crippen molar-refractivity contribution in [3.05, 3.63) is 89.2 Å². The number of amides is 4. The number of hydrogen-bond donors (Lipinski definition) is 1. The summed E-state index contributed by atoms with van der Waals surface area (Å²) in [6.07, 6.45) is -0.255. The molecule has 0 unspecified atom stereocenters. The first kappa shape index (κ1) is 23.3. The normalized spacial score (nSPS) is 15.6. The van der Waals surface area contributed by atoms with E-state index in [1.54, 1.807) is 48.5 Å². The van der Waals surface area contributed by atoms with Gasteiger partial charge in [0.2, 0.25) is 5.91 Å². The Kier molecular flexibility index (Phi) is 6.79. The molecule has 1 heterocycles. The van der Waals surface area contributed by atoms with Crippen LogP contribution in [0.25, 0.3) is 0 Å². The Morgan fingerprint density at radius 1 is 1.06 bits per heavy atom. The SMILES string of the molecule is COc1cccc(N2C(=O)[C@H](CC(=O)Nc3ccc(Cl)cc3)N(Cc3ccc(F)cc3)C2=O)c1. The molecule has 1 aliphatic heterocycles. The van der Waals surface area contributed by atoms with E-state index in [1.807, 2.05) is 0 Å². The standard InChI is InChI=1S/C25H21ClFN3O4/c1-34-21-4-2-3-20(13-21)30-24(32)22(14-23(31)28-19-11-7-17(26)8-12-19)29(25(30)33)15-16-5-9-18(27)10-6-16/h2-13,22H,14-15H2,1H3,(H,28,31)/t22-/m0/s1. The fraction of sp³-hybridized carbons (Fsp3) is 0.160. The average molecular weight is 482 g/mol. The molecule has 7 nitrogen and oxygen atoms in total. The van der Waals surface area contributed by atoms with Gasteiger partial charge in [-0.25, -0.2) is 14.1 Å². The number of nitrogens with zero attached hydrogens (tertiary/aromatic N) is 2. The van der Waals surface area contributed by atoms with Crippen LogP contribution < -0.4 is 15.0 Å². The molecule has 1 fully saturated rings. The van der Waals surface area contributed by atoms with Crippen molar-refractivity contribution in [1.82, 2.24) is 4.90 Å². The molecular formula is C25H21ClFN3O4. The fourth-order valence-electron chi connectivity index (χ4n) is 3.71. The Hall–Kier alpha value is -3.91. The van der Waals surface area contributed by atoms with Gasteiger partial charge >= 0.3 is 6.03 Å². The third-order valence-electron chi connectivity index (χ3n) is 5.40. The molecule has 1 saturated heterocycles. The topological polar surface area (TPSA) is 79.0 Å². The van der Waals surface area contributed by atoms with E-state index in [0.717, 1.165) is 4.90 Å². The molecule has 1 N–H and O–H groups in total. The molecule has 0 radical (unpaired) electrons. The molecule has 1 aliphatic rings. The maximum Gasteiger partial charge on any atom is 0.332 e. The van der Waals surface area contributed by atoms with Gasteiger partial charge in [-0.15, -0.1) is 0 Å². The molecule has 4 rings (SSSR count). The lowest BCUT2D eigenvalue weighted by atomic mass is 10.1. The third kappa shape index (κ3) is 5.02. The summed E-state index contributed by atoms with van der Waals surface area (Å²) in [6, 6.07) is 17.1. The summed E-state index contributed by atoms with van der Waals surface area (Å²) in [5.41, 5.74) is 1.47. The fourth-order valence-corrected chi connectivity index (χ4v) is 3.83. The van der Waals surface area contributed by atoms with Crippen molar-refractivity contribution >= 4 is 40.8 Å². The highest BCUT2D eigenvalue weighted by Gasteiger charge is 2.46. The summed E-state index contributed by atoms with van der Waals surface area (Å²) < 4.78 is 18.6. The van der Waals surface area contributed by atoms with Gasteiger partial charge in [-0.05, 0) is 54.1 Å². The van der Waals surface area contributed by atoms with E-state index < -0.39 is 29.7 Å². The number of imide groups is 1. The minimum Gasteiger partial charge on any atom is -0.497 e. The highest BCUT2D eigenvalue weighted by molar-refractivity contribution is 6.30. The number of benzene rings is 3. The predicted molar refractivity (Wildman–Crippen MR) is 126 cm³/mol. The van der Waals surface area contributed by atoms with Crippen LogP contribution in [-0.2, 0) is 16.1 Å². The van der Waals surface area contributed by atoms with Crippen molar-refractivity contribution in [1.29, 1.82) is 0 Å². The minimum absolute atomic E-state index is 0.0320. The Labute approximate surface area is 200 Å². The molecule has 34 heavy (non-hydrogen) atoms. The van der Waals surface area contributed by atoms with Crippen molar-refractivity contribution in [3.8, 4) is 5.75 Å². The minimum atomic E-state index is -1.05. The largest absolute Gasteiger partial charge is 0.497 e. The zero-order valence-electron chi connectivity index (χ0n) is 18.2. The quantitative estimate of drug-likeness (QED) is 0.489. The Morgan fingerprint density at radius 3 is 2.44 bits per heavy atom. The number of methoxy groups -OCH3 is 1. The van der Waals surface area contributed by atoms with E-state index in [1.165, 1.54) is 36.3 Å². The molecule has 0 aromatic heterocycles. The first-order valence-corrected chi connectivity index (χ1v) is 10.8. The zero-order chi connectivity index (χ0) is 24.2. The maximum absolute atomic E-state index is 13.4. The molecule has 4 amide bonds. The van der Waals surface area contributed by atoms with E-state index in [-0.39, 0.29) is 13.0 Å². The zero-order valence-corrected chi connectivity index (χ0v) is 19.0. The molecule has 3 aromatic carbocycles. The smallest absolute Gasteiger partial charge is 0.332 e. The van der Waals surface area contributed by atoms with Crippen LogP contribution in [0.3, 0.4) is 0 Å². The lowest BCUT2D eigenvalue weighted by Crippen LogP contribution is -2.37. The number of carbonyl (C=O) groups excluding carboxylic acids is 3. The van der Waals surface area contributed by atoms with Gasteiger partial charge in [0.05, 0.1) is 19.2 Å². The highest BCUT2D eigenvalue weighted by atomic mass is 35.5. The predicted octanol–water partition coefficient (Wildman–Crippen LogP) is 4.85. The summed E-state index contributed by atoms with van der Waals surface area (Å²) >= 11 is 5.88. The van der Waals surface area contributed by atoms with E-state index >= 15 is 0 Å². The lowest BCUT2D eigenvalue weighted by molar-refractivity contribution is -0.124. The molecule has 0 aliphatic carbocycles. The van der Waals surface area contributed by atoms with E-state index in [0.29, 0.717) is 27.7 Å². The Balaban J connectivity index is 1.61. The number of rotatable bonds is 7. The molecule has 1 atom stereocenters. The van der Waals surface area contributed by atoms with Gasteiger partial charge in [-0.3, -0.25) is 9.59 Å². The summed E-state index contributed by atoms with van der Waals surface area (Å²) in [7, 11) is 1.48. The Bertz CT molecular complexity index is 1220. The van der Waals surface area contributed by atoms with E-state index in [2.05, 4.69) is 5.32 Å². The third-order valence-corrected chi connectivity index (χ3v) is 5.66. The highest BCUT2D eigenvalue weighted by Crippen LogP contribution is 2.30. The van der Waals surface area contributed by atoms with Crippen LogP contribution in [0.15, 0.2) is 72.8 Å². The van der Waals surface area contributed by atoms with Crippen LogP contribution >= 0.6 is 11.6 Å². The summed E-state index contributed by atoms with van der Waals surface area (Å²) in [6.45, 7) is 0.0320. The van der Waals surface area contributed by atoms with Gasteiger partial charge in [-0.1, -0.05) is 29.8 Å². The second-order valence-corrected chi connectivity index (χ2v) is 8.12. The monoisotopic (exact) mass is 481 g/mol. The van der Waals surface area contributed by atoms with Crippen LogP contribution in [0.1, 0.15) is 12.0 Å². The molecule has 174 valence electrons. The van der Waals surface area contributed by atoms with Crippen molar-refractivity contribution in [2.24, 2.45) is 0 Å². The van der Waals surface area contributed by atoms with E-state index in [4.69, 9.17) is 16.3 Å². The van der Waals surface area contributed by atoms with Gasteiger partial charge < -0.3 is 15.0 Å².